The number of hydrogen-bond acceptors (Lipinski definition) is 3. The van der Waals surface area contributed by atoms with E-state index in [2.05, 4.69) is 114 Å². The first-order valence-electron chi connectivity index (χ1n) is 12.6. The molecule has 2 aromatic rings. The molecule has 0 fully saturated rings. The molecule has 0 saturated heterocycles. The minimum absolute atomic E-state index is 0. The van der Waals surface area contributed by atoms with Gasteiger partial charge in [-0.05, 0) is 45.9 Å². The first kappa shape index (κ1) is 35.5. The summed E-state index contributed by atoms with van der Waals surface area (Å²) in [5, 5.41) is 12.0. The monoisotopic (exact) mass is 713 g/mol. The molecule has 1 heterocycles. The van der Waals surface area contributed by atoms with Crippen LogP contribution < -0.4 is 10.2 Å². The topological polar surface area (TPSA) is 39.1 Å². The molecule has 0 aromatic heterocycles. The molecule has 1 aliphatic rings. The Labute approximate surface area is 241 Å². The van der Waals surface area contributed by atoms with Crippen molar-refractivity contribution >= 4 is 12.9 Å². The Bertz CT molecular complexity index is 1050. The summed E-state index contributed by atoms with van der Waals surface area (Å²) in [6.45, 7) is 17.7. The van der Waals surface area contributed by atoms with Crippen molar-refractivity contribution in [3.63, 3.8) is 0 Å². The Morgan fingerprint density at radius 3 is 1.58 bits per heavy atom. The molecule has 3 nitrogen and oxygen atoms in total. The molecule has 1 aliphatic heterocycles. The summed E-state index contributed by atoms with van der Waals surface area (Å²) in [6, 6.07) is 17.4. The van der Waals surface area contributed by atoms with E-state index in [0.29, 0.717) is 23.7 Å². The van der Waals surface area contributed by atoms with E-state index in [0.717, 1.165) is 5.82 Å². The van der Waals surface area contributed by atoms with Crippen LogP contribution in [0.15, 0.2) is 66.8 Å². The van der Waals surface area contributed by atoms with Gasteiger partial charge in [-0.2, -0.15) is 5.26 Å². The first-order chi connectivity index (χ1) is 17.2. The SMILES string of the molecule is CC(C)c1cccc(C(C)C)c1.CC(C)c1cccc(C(C)C)c1N1C=CN/C1=C\C#N.F[B-](F)(F)F.[Au+]. The molecule has 0 atom stereocenters. The Morgan fingerprint density at radius 2 is 1.21 bits per heavy atom. The normalized spacial score (nSPS) is 13.6. The van der Waals surface area contributed by atoms with Gasteiger partial charge in [0, 0.05) is 12.4 Å². The maximum absolute atomic E-state index is 9.75. The van der Waals surface area contributed by atoms with Gasteiger partial charge in [-0.15, -0.1) is 0 Å². The summed E-state index contributed by atoms with van der Waals surface area (Å²) in [6.07, 6.45) is 5.39. The van der Waals surface area contributed by atoms with E-state index < -0.39 is 7.25 Å². The number of anilines is 1. The first-order valence-corrected chi connectivity index (χ1v) is 12.6. The number of halogens is 4. The number of nitrogens with one attached hydrogen (secondary N) is 1. The van der Waals surface area contributed by atoms with Crippen molar-refractivity contribution in [3.8, 4) is 6.07 Å². The molecule has 0 unspecified atom stereocenters. The fraction of sp³-hybridized carbons (Fsp3) is 0.414. The molecule has 38 heavy (non-hydrogen) atoms. The second-order valence-electron chi connectivity index (χ2n) is 10.1. The molecule has 9 heteroatoms. The largest absolute Gasteiger partial charge is 1.00 e. The van der Waals surface area contributed by atoms with Crippen molar-refractivity contribution in [2.45, 2.75) is 79.1 Å². The smallest absolute Gasteiger partial charge is 0.418 e. The average Bonchev–Trinajstić information content (AvgIpc) is 3.26. The molecule has 0 bridgehead atoms. The summed E-state index contributed by atoms with van der Waals surface area (Å²) >= 11 is 0. The predicted octanol–water partition coefficient (Wildman–Crippen LogP) is 9.41. The van der Waals surface area contributed by atoms with Crippen LogP contribution in [-0.4, -0.2) is 7.25 Å². The summed E-state index contributed by atoms with van der Waals surface area (Å²) in [7, 11) is -6.00. The van der Waals surface area contributed by atoms with E-state index in [1.54, 1.807) is 6.08 Å². The number of hydrogen-bond donors (Lipinski definition) is 1. The second kappa shape index (κ2) is 16.5. The molecule has 0 radical (unpaired) electrons. The number of nitrogens with zero attached hydrogens (tertiary/aromatic N) is 2. The van der Waals surface area contributed by atoms with E-state index >= 15 is 0 Å². The van der Waals surface area contributed by atoms with Crippen molar-refractivity contribution in [2.75, 3.05) is 4.90 Å². The van der Waals surface area contributed by atoms with Crippen LogP contribution in [-0.2, 0) is 22.4 Å². The van der Waals surface area contributed by atoms with Gasteiger partial charge in [-0.3, -0.25) is 0 Å². The minimum atomic E-state index is -6.00. The third-order valence-corrected chi connectivity index (χ3v) is 5.74. The molecule has 1 N–H and O–H groups in total. The Hall–Kier alpha value is -2.46. The maximum Gasteiger partial charge on any atom is 1.00 e. The van der Waals surface area contributed by atoms with Crippen molar-refractivity contribution in [3.05, 3.63) is 89.0 Å². The van der Waals surface area contributed by atoms with Gasteiger partial charge in [0.1, 0.15) is 5.82 Å². The van der Waals surface area contributed by atoms with Gasteiger partial charge < -0.3 is 27.5 Å². The van der Waals surface area contributed by atoms with Gasteiger partial charge in [0.25, 0.3) is 0 Å². The number of para-hydroxylation sites is 1. The van der Waals surface area contributed by atoms with Crippen LogP contribution in [0.4, 0.5) is 23.0 Å². The van der Waals surface area contributed by atoms with Gasteiger partial charge in [-0.1, -0.05) is 97.9 Å². The van der Waals surface area contributed by atoms with Crippen molar-refractivity contribution < 1.29 is 39.6 Å². The van der Waals surface area contributed by atoms with Crippen LogP contribution >= 0.6 is 0 Å². The predicted molar refractivity (Wildman–Crippen MR) is 148 cm³/mol. The fourth-order valence-electron chi connectivity index (χ4n) is 3.78. The van der Waals surface area contributed by atoms with Crippen molar-refractivity contribution in [1.82, 2.24) is 5.32 Å². The van der Waals surface area contributed by atoms with Gasteiger partial charge in [-0.25, -0.2) is 0 Å². The zero-order valence-electron chi connectivity index (χ0n) is 23.4. The van der Waals surface area contributed by atoms with Crippen LogP contribution in [0.25, 0.3) is 0 Å². The molecular weight excluding hydrogens is 674 g/mol. The van der Waals surface area contributed by atoms with E-state index in [1.165, 1.54) is 27.9 Å². The average molecular weight is 713 g/mol. The van der Waals surface area contributed by atoms with Crippen LogP contribution in [0.3, 0.4) is 0 Å². The summed E-state index contributed by atoms with van der Waals surface area (Å²) in [4.78, 5) is 2.08. The summed E-state index contributed by atoms with van der Waals surface area (Å²) in [5.74, 6) is 2.96. The van der Waals surface area contributed by atoms with E-state index in [9.17, 15) is 17.3 Å². The molecule has 0 spiro atoms. The van der Waals surface area contributed by atoms with Gasteiger partial charge in [0.2, 0.25) is 0 Å². The van der Waals surface area contributed by atoms with E-state index in [-0.39, 0.29) is 22.4 Å². The Kier molecular flexibility index (Phi) is 15.4. The standard InChI is InChI=1S/C17H21N3.C12H18.Au.BF4/c1-12(2)14-6-5-7-15(13(3)4)17(14)20-11-10-19-16(20)8-9-18;1-9(2)11-6-5-7-12(8-11)10(3)4;;2-1(3,4)5/h5-8,10-13,19H,1-4H3;5-10H,1-4H3;;/q;;+1;-1/b16-8+;;;. The van der Waals surface area contributed by atoms with Crippen LogP contribution in [0.5, 0.6) is 0 Å². The molecular formula is C29H39AuBF4N3. The van der Waals surface area contributed by atoms with Gasteiger partial charge in [0.05, 0.1) is 17.8 Å². The third kappa shape index (κ3) is 11.9. The molecule has 0 saturated carbocycles. The van der Waals surface area contributed by atoms with E-state index in [4.69, 9.17) is 5.26 Å². The van der Waals surface area contributed by atoms with Gasteiger partial charge >= 0.3 is 29.6 Å². The Morgan fingerprint density at radius 1 is 0.789 bits per heavy atom. The number of allylic oxidation sites excluding steroid dienone is 1. The number of rotatable bonds is 5. The Balaban J connectivity index is 0.000000647. The van der Waals surface area contributed by atoms with Crippen LogP contribution in [0, 0.1) is 11.3 Å². The van der Waals surface area contributed by atoms with Gasteiger partial charge in [0.15, 0.2) is 0 Å². The van der Waals surface area contributed by atoms with Crippen LogP contribution in [0.1, 0.15) is 101 Å². The fourth-order valence-corrected chi connectivity index (χ4v) is 3.78. The molecule has 0 aliphatic carbocycles. The van der Waals surface area contributed by atoms with Crippen LogP contribution in [0.2, 0.25) is 0 Å². The number of benzene rings is 2. The third-order valence-electron chi connectivity index (χ3n) is 5.74. The quantitative estimate of drug-likeness (QED) is 0.191. The van der Waals surface area contributed by atoms with Crippen molar-refractivity contribution in [1.29, 1.82) is 5.26 Å². The number of nitriles is 1. The maximum atomic E-state index is 9.75. The zero-order chi connectivity index (χ0) is 28.3. The van der Waals surface area contributed by atoms with Crippen molar-refractivity contribution in [2.24, 2.45) is 0 Å². The summed E-state index contributed by atoms with van der Waals surface area (Å²) < 4.78 is 39.0. The zero-order valence-corrected chi connectivity index (χ0v) is 25.5. The van der Waals surface area contributed by atoms with E-state index in [1.807, 2.05) is 12.4 Å². The summed E-state index contributed by atoms with van der Waals surface area (Å²) in [5.41, 5.74) is 6.68. The minimum Gasteiger partial charge on any atom is -0.418 e. The molecule has 0 amide bonds. The molecule has 3 rings (SSSR count). The second-order valence-corrected chi connectivity index (χ2v) is 10.1. The molecule has 2 aromatic carbocycles. The molecule has 212 valence electrons.